The highest BCUT2D eigenvalue weighted by molar-refractivity contribution is 5.94. The van der Waals surface area contributed by atoms with E-state index in [0.29, 0.717) is 19.6 Å². The average molecular weight is 303 g/mol. The van der Waals surface area contributed by atoms with Crippen molar-refractivity contribution < 1.29 is 18.3 Å². The summed E-state index contributed by atoms with van der Waals surface area (Å²) in [5, 5.41) is 2.61. The van der Waals surface area contributed by atoms with E-state index in [1.54, 1.807) is 0 Å². The van der Waals surface area contributed by atoms with E-state index in [0.717, 1.165) is 23.8 Å². The minimum atomic E-state index is -1.12. The van der Waals surface area contributed by atoms with E-state index in [-0.39, 0.29) is 5.56 Å². The van der Waals surface area contributed by atoms with Gasteiger partial charge in [-0.1, -0.05) is 18.2 Å². The van der Waals surface area contributed by atoms with Crippen LogP contribution in [-0.2, 0) is 12.8 Å². The molecular weight excluding hydrogens is 288 g/mol. The molecule has 22 heavy (non-hydrogen) atoms. The summed E-state index contributed by atoms with van der Waals surface area (Å²) >= 11 is 0. The van der Waals surface area contributed by atoms with Gasteiger partial charge in [0.1, 0.15) is 5.75 Å². The molecule has 0 atom stereocenters. The van der Waals surface area contributed by atoms with Crippen LogP contribution < -0.4 is 10.1 Å². The second-order valence-corrected chi connectivity index (χ2v) is 5.15. The molecule has 0 saturated carbocycles. The van der Waals surface area contributed by atoms with Gasteiger partial charge in [0.05, 0.1) is 12.2 Å². The Morgan fingerprint density at radius 3 is 2.95 bits per heavy atom. The van der Waals surface area contributed by atoms with Crippen LogP contribution in [0.1, 0.15) is 21.5 Å². The van der Waals surface area contributed by atoms with Gasteiger partial charge in [0.25, 0.3) is 5.91 Å². The number of carbonyl (C=O) groups excluding carboxylic acids is 1. The van der Waals surface area contributed by atoms with Crippen LogP contribution in [0.5, 0.6) is 5.75 Å². The molecule has 0 unspecified atom stereocenters. The van der Waals surface area contributed by atoms with Gasteiger partial charge in [0.15, 0.2) is 11.6 Å². The largest absolute Gasteiger partial charge is 0.493 e. The molecule has 0 aromatic heterocycles. The van der Waals surface area contributed by atoms with Crippen LogP contribution in [0.3, 0.4) is 0 Å². The molecule has 0 spiro atoms. The Morgan fingerprint density at radius 2 is 2.09 bits per heavy atom. The second kappa shape index (κ2) is 6.13. The molecule has 5 heteroatoms. The molecule has 0 aliphatic carbocycles. The molecule has 0 bridgehead atoms. The zero-order valence-corrected chi connectivity index (χ0v) is 11.9. The number of rotatable bonds is 4. The molecule has 2 aromatic rings. The zero-order valence-electron chi connectivity index (χ0n) is 11.9. The van der Waals surface area contributed by atoms with Crippen LogP contribution in [-0.4, -0.2) is 19.1 Å². The third kappa shape index (κ3) is 2.93. The van der Waals surface area contributed by atoms with E-state index in [4.69, 9.17) is 4.74 Å². The summed E-state index contributed by atoms with van der Waals surface area (Å²) in [7, 11) is 0. The first kappa shape index (κ1) is 14.5. The van der Waals surface area contributed by atoms with Crippen molar-refractivity contribution in [3.63, 3.8) is 0 Å². The van der Waals surface area contributed by atoms with Crippen molar-refractivity contribution in [3.8, 4) is 5.75 Å². The van der Waals surface area contributed by atoms with Crippen LogP contribution in [0.2, 0.25) is 0 Å². The predicted octanol–water partition coefficient (Wildman–Crippen LogP) is 2.87. The van der Waals surface area contributed by atoms with Crippen molar-refractivity contribution in [2.75, 3.05) is 13.2 Å². The number of benzene rings is 2. The Hall–Kier alpha value is -2.43. The van der Waals surface area contributed by atoms with E-state index in [2.05, 4.69) is 11.4 Å². The minimum Gasteiger partial charge on any atom is -0.493 e. The molecule has 1 amide bonds. The van der Waals surface area contributed by atoms with Crippen LogP contribution >= 0.6 is 0 Å². The van der Waals surface area contributed by atoms with Gasteiger partial charge in [-0.3, -0.25) is 4.79 Å². The summed E-state index contributed by atoms with van der Waals surface area (Å²) in [5.74, 6) is -1.84. The Bertz CT molecular complexity index is 716. The van der Waals surface area contributed by atoms with E-state index in [9.17, 15) is 13.6 Å². The van der Waals surface area contributed by atoms with Crippen molar-refractivity contribution in [3.05, 3.63) is 64.7 Å². The van der Waals surface area contributed by atoms with Crippen molar-refractivity contribution in [2.45, 2.75) is 12.8 Å². The van der Waals surface area contributed by atoms with Gasteiger partial charge in [-0.2, -0.15) is 0 Å². The van der Waals surface area contributed by atoms with E-state index in [1.807, 2.05) is 12.1 Å². The molecule has 1 aliphatic heterocycles. The topological polar surface area (TPSA) is 38.3 Å². The van der Waals surface area contributed by atoms with Gasteiger partial charge in [0.2, 0.25) is 0 Å². The smallest absolute Gasteiger partial charge is 0.254 e. The second-order valence-electron chi connectivity index (χ2n) is 5.15. The number of hydrogen-bond acceptors (Lipinski definition) is 2. The van der Waals surface area contributed by atoms with Gasteiger partial charge < -0.3 is 10.1 Å². The van der Waals surface area contributed by atoms with Crippen molar-refractivity contribution in [2.24, 2.45) is 0 Å². The number of hydrogen-bond donors (Lipinski definition) is 1. The quantitative estimate of drug-likeness (QED) is 0.943. The molecule has 0 saturated heterocycles. The fourth-order valence-corrected chi connectivity index (χ4v) is 2.49. The molecule has 0 radical (unpaired) electrons. The lowest BCUT2D eigenvalue weighted by Gasteiger charge is -2.07. The van der Waals surface area contributed by atoms with Gasteiger partial charge in [-0.25, -0.2) is 8.78 Å². The molecule has 1 aliphatic rings. The van der Waals surface area contributed by atoms with Gasteiger partial charge in [0, 0.05) is 13.0 Å². The fraction of sp³-hybridized carbons (Fsp3) is 0.235. The van der Waals surface area contributed by atoms with Gasteiger partial charge >= 0.3 is 0 Å². The molecule has 1 N–H and O–H groups in total. The highest BCUT2D eigenvalue weighted by atomic mass is 19.2. The van der Waals surface area contributed by atoms with Crippen molar-refractivity contribution in [1.29, 1.82) is 0 Å². The Labute approximate surface area is 126 Å². The van der Waals surface area contributed by atoms with Crippen LogP contribution in [0, 0.1) is 11.6 Å². The van der Waals surface area contributed by atoms with Crippen LogP contribution in [0.15, 0.2) is 36.4 Å². The van der Waals surface area contributed by atoms with Gasteiger partial charge in [-0.15, -0.1) is 0 Å². The lowest BCUT2D eigenvalue weighted by atomic mass is 10.1. The summed E-state index contributed by atoms with van der Waals surface area (Å²) in [6.07, 6.45) is 1.51. The van der Waals surface area contributed by atoms with Crippen LogP contribution in [0.25, 0.3) is 0 Å². The zero-order chi connectivity index (χ0) is 15.5. The lowest BCUT2D eigenvalue weighted by Crippen LogP contribution is -2.26. The highest BCUT2D eigenvalue weighted by Crippen LogP contribution is 2.25. The predicted molar refractivity (Wildman–Crippen MR) is 78.0 cm³/mol. The van der Waals surface area contributed by atoms with Gasteiger partial charge in [-0.05, 0) is 35.7 Å². The molecule has 3 rings (SSSR count). The first-order valence-corrected chi connectivity index (χ1v) is 7.12. The molecule has 0 fully saturated rings. The average Bonchev–Trinajstić information content (AvgIpc) is 2.97. The highest BCUT2D eigenvalue weighted by Gasteiger charge is 2.15. The third-order valence-electron chi connectivity index (χ3n) is 3.65. The maximum absolute atomic E-state index is 13.5. The summed E-state index contributed by atoms with van der Waals surface area (Å²) < 4.78 is 32.0. The standard InChI is InChI=1S/C17H15F2NO2/c18-14-3-1-2-13(16(14)19)17(21)20-8-6-11-4-5-15-12(10-11)7-9-22-15/h1-5,10H,6-9H2,(H,20,21). The molecule has 2 aromatic carbocycles. The summed E-state index contributed by atoms with van der Waals surface area (Å²) in [4.78, 5) is 11.9. The molecular formula is C17H15F2NO2. The summed E-state index contributed by atoms with van der Waals surface area (Å²) in [5.41, 5.74) is 1.96. The maximum atomic E-state index is 13.5. The molecule has 1 heterocycles. The number of nitrogens with one attached hydrogen (secondary N) is 1. The molecule has 3 nitrogen and oxygen atoms in total. The Morgan fingerprint density at radius 1 is 1.23 bits per heavy atom. The SMILES string of the molecule is O=C(NCCc1ccc2c(c1)CCO2)c1cccc(F)c1F. The van der Waals surface area contributed by atoms with Crippen molar-refractivity contribution in [1.82, 2.24) is 5.32 Å². The number of amides is 1. The lowest BCUT2D eigenvalue weighted by molar-refractivity contribution is 0.0949. The van der Waals surface area contributed by atoms with E-state index < -0.39 is 17.5 Å². The Kier molecular flexibility index (Phi) is 4.04. The van der Waals surface area contributed by atoms with E-state index >= 15 is 0 Å². The fourth-order valence-electron chi connectivity index (χ4n) is 2.49. The van der Waals surface area contributed by atoms with Crippen molar-refractivity contribution >= 4 is 5.91 Å². The summed E-state index contributed by atoms with van der Waals surface area (Å²) in [6, 6.07) is 9.48. The first-order valence-electron chi connectivity index (χ1n) is 7.12. The number of halogens is 2. The normalized spacial score (nSPS) is 12.6. The summed E-state index contributed by atoms with van der Waals surface area (Å²) in [6.45, 7) is 1.06. The third-order valence-corrected chi connectivity index (χ3v) is 3.65. The van der Waals surface area contributed by atoms with E-state index in [1.165, 1.54) is 17.7 Å². The first-order chi connectivity index (χ1) is 10.6. The number of ether oxygens (including phenoxy) is 1. The maximum Gasteiger partial charge on any atom is 0.254 e. The van der Waals surface area contributed by atoms with Crippen LogP contribution in [0.4, 0.5) is 8.78 Å². The molecule has 114 valence electrons. The number of fused-ring (bicyclic) bond motifs is 1. The monoisotopic (exact) mass is 303 g/mol. The minimum absolute atomic E-state index is 0.276. The number of carbonyl (C=O) groups is 1. The Balaban J connectivity index is 1.59.